The Kier molecular flexibility index (Phi) is 3.83. The Hall–Kier alpha value is -3.34. The second-order valence-corrected chi connectivity index (χ2v) is 7.29. The molecule has 5 rings (SSSR count). The van der Waals surface area contributed by atoms with Crippen LogP contribution in [0.5, 0.6) is 5.75 Å². The SMILES string of the molecule is Cc1nc2c(OC3CCc4ccccc43)cc(-n3ccccc3=O)cn2c1C. The van der Waals surface area contributed by atoms with Crippen LogP contribution in [0.25, 0.3) is 11.3 Å². The molecular formula is C23H21N3O2. The van der Waals surface area contributed by atoms with Gasteiger partial charge in [0, 0.05) is 30.2 Å². The minimum absolute atomic E-state index is 0.0000533. The molecule has 0 fully saturated rings. The molecule has 1 unspecified atom stereocenters. The van der Waals surface area contributed by atoms with Crippen LogP contribution in [-0.4, -0.2) is 14.0 Å². The predicted octanol–water partition coefficient (Wildman–Crippen LogP) is 4.17. The average molecular weight is 371 g/mol. The molecule has 0 aliphatic heterocycles. The Morgan fingerprint density at radius 3 is 2.79 bits per heavy atom. The van der Waals surface area contributed by atoms with E-state index in [1.807, 2.05) is 36.6 Å². The van der Waals surface area contributed by atoms with Crippen LogP contribution in [0.3, 0.4) is 0 Å². The second kappa shape index (κ2) is 6.37. The summed E-state index contributed by atoms with van der Waals surface area (Å²) in [5.74, 6) is 0.700. The summed E-state index contributed by atoms with van der Waals surface area (Å²) in [5, 5.41) is 0. The first kappa shape index (κ1) is 16.8. The molecule has 5 heteroatoms. The third-order valence-corrected chi connectivity index (χ3v) is 5.60. The number of pyridine rings is 2. The zero-order valence-electron chi connectivity index (χ0n) is 15.9. The number of aromatic nitrogens is 3. The number of ether oxygens (including phenoxy) is 1. The highest BCUT2D eigenvalue weighted by Gasteiger charge is 2.25. The molecule has 1 aliphatic carbocycles. The van der Waals surface area contributed by atoms with Gasteiger partial charge in [0.1, 0.15) is 6.10 Å². The van der Waals surface area contributed by atoms with Gasteiger partial charge in [0.2, 0.25) is 0 Å². The minimum atomic E-state index is -0.0755. The molecule has 140 valence electrons. The molecule has 0 amide bonds. The van der Waals surface area contributed by atoms with Crippen molar-refractivity contribution in [2.75, 3.05) is 0 Å². The van der Waals surface area contributed by atoms with Crippen LogP contribution >= 0.6 is 0 Å². The molecule has 28 heavy (non-hydrogen) atoms. The standard InChI is InChI=1S/C23H21N3O2/c1-15-16(2)26-14-18(25-12-6-5-9-22(25)27)13-21(23(26)24-15)28-20-11-10-17-7-3-4-8-19(17)20/h3-9,12-14,20H,10-11H2,1-2H3. The molecule has 0 saturated heterocycles. The monoisotopic (exact) mass is 371 g/mol. The second-order valence-electron chi connectivity index (χ2n) is 7.29. The van der Waals surface area contributed by atoms with Gasteiger partial charge >= 0.3 is 0 Å². The van der Waals surface area contributed by atoms with Gasteiger partial charge in [-0.3, -0.25) is 13.8 Å². The van der Waals surface area contributed by atoms with E-state index >= 15 is 0 Å². The van der Waals surface area contributed by atoms with Gasteiger partial charge in [-0.1, -0.05) is 30.3 Å². The number of fused-ring (bicyclic) bond motifs is 2. The first-order valence-electron chi connectivity index (χ1n) is 9.53. The van der Waals surface area contributed by atoms with Crippen molar-refractivity contribution in [1.82, 2.24) is 14.0 Å². The molecule has 0 spiro atoms. The van der Waals surface area contributed by atoms with Crippen molar-refractivity contribution >= 4 is 5.65 Å². The fourth-order valence-corrected chi connectivity index (χ4v) is 3.98. The highest BCUT2D eigenvalue weighted by molar-refractivity contribution is 5.60. The van der Waals surface area contributed by atoms with Crippen molar-refractivity contribution in [1.29, 1.82) is 0 Å². The van der Waals surface area contributed by atoms with Crippen LogP contribution < -0.4 is 10.3 Å². The van der Waals surface area contributed by atoms with Crippen molar-refractivity contribution in [3.63, 3.8) is 0 Å². The molecule has 1 aromatic carbocycles. The third kappa shape index (κ3) is 2.62. The molecule has 5 nitrogen and oxygen atoms in total. The summed E-state index contributed by atoms with van der Waals surface area (Å²) < 4.78 is 10.1. The first-order chi connectivity index (χ1) is 13.6. The van der Waals surface area contributed by atoms with Gasteiger partial charge < -0.3 is 4.74 Å². The normalized spacial score (nSPS) is 15.7. The van der Waals surface area contributed by atoms with Crippen LogP contribution in [-0.2, 0) is 6.42 Å². The molecule has 3 aromatic heterocycles. The van der Waals surface area contributed by atoms with Crippen LogP contribution in [0.4, 0.5) is 0 Å². The maximum Gasteiger partial charge on any atom is 0.255 e. The number of hydrogen-bond donors (Lipinski definition) is 0. The average Bonchev–Trinajstić information content (AvgIpc) is 3.24. The van der Waals surface area contributed by atoms with Gasteiger partial charge in [-0.05, 0) is 43.9 Å². The summed E-state index contributed by atoms with van der Waals surface area (Å²) in [6.45, 7) is 4.02. The smallest absolute Gasteiger partial charge is 0.255 e. The van der Waals surface area contributed by atoms with Gasteiger partial charge in [0.15, 0.2) is 11.4 Å². The van der Waals surface area contributed by atoms with Crippen LogP contribution in [0, 0.1) is 13.8 Å². The summed E-state index contributed by atoms with van der Waals surface area (Å²) in [7, 11) is 0. The number of rotatable bonds is 3. The largest absolute Gasteiger partial charge is 0.482 e. The van der Waals surface area contributed by atoms with Crippen LogP contribution in [0.2, 0.25) is 0 Å². The highest BCUT2D eigenvalue weighted by Crippen LogP contribution is 2.37. The number of benzene rings is 1. The Balaban J connectivity index is 1.67. The lowest BCUT2D eigenvalue weighted by Crippen LogP contribution is -2.16. The lowest BCUT2D eigenvalue weighted by atomic mass is 10.1. The fourth-order valence-electron chi connectivity index (χ4n) is 3.98. The Bertz CT molecular complexity index is 1250. The molecule has 0 N–H and O–H groups in total. The van der Waals surface area contributed by atoms with Crippen LogP contribution in [0.15, 0.2) is 65.7 Å². The van der Waals surface area contributed by atoms with Crippen molar-refractivity contribution in [3.05, 3.63) is 93.8 Å². The quantitative estimate of drug-likeness (QED) is 0.543. The molecule has 0 saturated carbocycles. The van der Waals surface area contributed by atoms with Crippen molar-refractivity contribution in [3.8, 4) is 11.4 Å². The molecule has 3 heterocycles. The zero-order valence-corrected chi connectivity index (χ0v) is 15.9. The lowest BCUT2D eigenvalue weighted by molar-refractivity contribution is 0.209. The molecular weight excluding hydrogens is 350 g/mol. The van der Waals surface area contributed by atoms with E-state index in [1.165, 1.54) is 11.1 Å². The van der Waals surface area contributed by atoms with Gasteiger partial charge in [0.25, 0.3) is 5.56 Å². The molecule has 4 aromatic rings. The van der Waals surface area contributed by atoms with Gasteiger partial charge in [-0.2, -0.15) is 0 Å². The number of aryl methyl sites for hydroxylation is 3. The van der Waals surface area contributed by atoms with Crippen LogP contribution in [0.1, 0.15) is 35.0 Å². The van der Waals surface area contributed by atoms with Crippen molar-refractivity contribution < 1.29 is 4.74 Å². The Morgan fingerprint density at radius 1 is 1.11 bits per heavy atom. The Labute approximate surface area is 162 Å². The van der Waals surface area contributed by atoms with E-state index in [4.69, 9.17) is 9.72 Å². The number of imidazole rings is 1. The number of nitrogens with zero attached hydrogens (tertiary/aromatic N) is 3. The number of hydrogen-bond acceptors (Lipinski definition) is 3. The zero-order chi connectivity index (χ0) is 19.3. The first-order valence-corrected chi connectivity index (χ1v) is 9.53. The van der Waals surface area contributed by atoms with Gasteiger partial charge in [-0.25, -0.2) is 4.98 Å². The van der Waals surface area contributed by atoms with E-state index in [0.29, 0.717) is 5.75 Å². The van der Waals surface area contributed by atoms with E-state index in [0.717, 1.165) is 35.6 Å². The molecule has 1 atom stereocenters. The topological polar surface area (TPSA) is 48.5 Å². The summed E-state index contributed by atoms with van der Waals surface area (Å²) in [4.78, 5) is 17.1. The fraction of sp³-hybridized carbons (Fsp3) is 0.217. The third-order valence-electron chi connectivity index (χ3n) is 5.60. The minimum Gasteiger partial charge on any atom is -0.482 e. The highest BCUT2D eigenvalue weighted by atomic mass is 16.5. The maximum atomic E-state index is 12.4. The molecule has 0 bridgehead atoms. The summed E-state index contributed by atoms with van der Waals surface area (Å²) in [6.07, 6.45) is 5.68. The summed E-state index contributed by atoms with van der Waals surface area (Å²) >= 11 is 0. The van der Waals surface area contributed by atoms with E-state index in [1.54, 1.807) is 22.9 Å². The van der Waals surface area contributed by atoms with E-state index in [9.17, 15) is 4.79 Å². The van der Waals surface area contributed by atoms with E-state index in [-0.39, 0.29) is 11.7 Å². The summed E-state index contributed by atoms with van der Waals surface area (Å²) in [6, 6.07) is 15.5. The Morgan fingerprint density at radius 2 is 1.93 bits per heavy atom. The molecule has 0 radical (unpaired) electrons. The lowest BCUT2D eigenvalue weighted by Gasteiger charge is -2.17. The van der Waals surface area contributed by atoms with E-state index < -0.39 is 0 Å². The van der Waals surface area contributed by atoms with Crippen molar-refractivity contribution in [2.24, 2.45) is 0 Å². The van der Waals surface area contributed by atoms with Gasteiger partial charge in [0.05, 0.1) is 11.4 Å². The van der Waals surface area contributed by atoms with Crippen molar-refractivity contribution in [2.45, 2.75) is 32.8 Å². The van der Waals surface area contributed by atoms with E-state index in [2.05, 4.69) is 24.3 Å². The molecule has 1 aliphatic rings. The predicted molar refractivity (Wildman–Crippen MR) is 108 cm³/mol. The van der Waals surface area contributed by atoms with Gasteiger partial charge in [-0.15, -0.1) is 0 Å². The summed E-state index contributed by atoms with van der Waals surface area (Å²) in [5.41, 5.74) is 6.05. The maximum absolute atomic E-state index is 12.4.